The number of nitriles is 1. The van der Waals surface area contributed by atoms with E-state index < -0.39 is 5.92 Å². The van der Waals surface area contributed by atoms with Crippen molar-refractivity contribution in [3.8, 4) is 6.07 Å². The lowest BCUT2D eigenvalue weighted by Gasteiger charge is -2.27. The summed E-state index contributed by atoms with van der Waals surface area (Å²) in [6, 6.07) is 11.5. The first-order valence-electron chi connectivity index (χ1n) is 6.83. The summed E-state index contributed by atoms with van der Waals surface area (Å²) >= 11 is 0. The van der Waals surface area contributed by atoms with Gasteiger partial charge in [-0.15, -0.1) is 0 Å². The van der Waals surface area contributed by atoms with Gasteiger partial charge in [-0.1, -0.05) is 30.3 Å². The van der Waals surface area contributed by atoms with Crippen molar-refractivity contribution in [2.24, 2.45) is 0 Å². The van der Waals surface area contributed by atoms with Gasteiger partial charge in [-0.25, -0.2) is 0 Å². The number of hydrogen-bond acceptors (Lipinski definition) is 2. The molecule has 2 rings (SSSR count). The fraction of sp³-hybridized carbons (Fsp3) is 0.467. The van der Waals surface area contributed by atoms with Crippen LogP contribution in [0.15, 0.2) is 30.3 Å². The molecule has 0 aliphatic carbocycles. The standard InChI is InChI=1S/C15H19N3O/c1-17-7-9-18(10-8-17)12-15(19)14(11-16)13-5-3-2-4-6-13/h2-6,14H,7-10,12H2,1H3/p+2/t14-/m0/s1. The highest BCUT2D eigenvalue weighted by atomic mass is 16.1. The number of hydrogen-bond donors (Lipinski definition) is 2. The molecule has 1 aliphatic heterocycles. The normalized spacial score (nSPS) is 24.4. The van der Waals surface area contributed by atoms with Crippen LogP contribution < -0.4 is 9.80 Å². The molecule has 1 aromatic rings. The summed E-state index contributed by atoms with van der Waals surface area (Å²) in [6.07, 6.45) is 0. The number of likely N-dealkylation sites (N-methyl/N-ethyl adjacent to an activating group) is 1. The van der Waals surface area contributed by atoms with Gasteiger partial charge in [-0.05, 0) is 5.56 Å². The van der Waals surface area contributed by atoms with Crippen LogP contribution in [0.2, 0.25) is 0 Å². The van der Waals surface area contributed by atoms with Gasteiger partial charge in [0.05, 0.1) is 13.1 Å². The van der Waals surface area contributed by atoms with E-state index in [4.69, 9.17) is 0 Å². The van der Waals surface area contributed by atoms with Crippen LogP contribution in [0.1, 0.15) is 11.5 Å². The van der Waals surface area contributed by atoms with Crippen molar-refractivity contribution < 1.29 is 14.6 Å². The molecule has 1 heterocycles. The van der Waals surface area contributed by atoms with E-state index in [1.165, 1.54) is 9.80 Å². The van der Waals surface area contributed by atoms with Gasteiger partial charge in [0.15, 0.2) is 0 Å². The number of nitrogens with zero attached hydrogens (tertiary/aromatic N) is 1. The van der Waals surface area contributed by atoms with Gasteiger partial charge >= 0.3 is 0 Å². The summed E-state index contributed by atoms with van der Waals surface area (Å²) in [6.45, 7) is 4.71. The molecule has 1 atom stereocenters. The van der Waals surface area contributed by atoms with Crippen LogP contribution in [-0.4, -0.2) is 45.6 Å². The highest BCUT2D eigenvalue weighted by molar-refractivity contribution is 5.89. The Bertz CT molecular complexity index is 458. The van der Waals surface area contributed by atoms with E-state index in [2.05, 4.69) is 13.1 Å². The van der Waals surface area contributed by atoms with E-state index in [9.17, 15) is 10.1 Å². The van der Waals surface area contributed by atoms with Crippen LogP contribution in [0.4, 0.5) is 0 Å². The molecular formula is C15H21N3O+2. The van der Waals surface area contributed by atoms with Crippen molar-refractivity contribution >= 4 is 5.78 Å². The van der Waals surface area contributed by atoms with E-state index in [0.717, 1.165) is 31.7 Å². The average Bonchev–Trinajstić information content (AvgIpc) is 2.43. The van der Waals surface area contributed by atoms with Crippen molar-refractivity contribution in [2.75, 3.05) is 39.8 Å². The Hall–Kier alpha value is -1.70. The van der Waals surface area contributed by atoms with E-state index >= 15 is 0 Å². The third-order valence-corrected chi connectivity index (χ3v) is 3.82. The van der Waals surface area contributed by atoms with Crippen molar-refractivity contribution in [2.45, 2.75) is 5.92 Å². The number of quaternary nitrogens is 2. The van der Waals surface area contributed by atoms with Gasteiger partial charge < -0.3 is 9.80 Å². The molecule has 0 aromatic heterocycles. The van der Waals surface area contributed by atoms with Crippen molar-refractivity contribution in [1.82, 2.24) is 0 Å². The maximum absolute atomic E-state index is 12.3. The number of carbonyl (C=O) groups is 1. The van der Waals surface area contributed by atoms with Crippen LogP contribution in [-0.2, 0) is 4.79 Å². The number of benzene rings is 1. The molecule has 2 N–H and O–H groups in total. The number of carbonyl (C=O) groups excluding carboxylic acids is 1. The summed E-state index contributed by atoms with van der Waals surface area (Å²) < 4.78 is 0. The molecule has 0 amide bonds. The number of rotatable bonds is 4. The second-order valence-electron chi connectivity index (χ2n) is 5.32. The molecule has 0 saturated carbocycles. The molecule has 1 aliphatic rings. The molecule has 1 fully saturated rings. The highest BCUT2D eigenvalue weighted by Crippen LogP contribution is 2.14. The van der Waals surface area contributed by atoms with E-state index in [1.54, 1.807) is 0 Å². The maximum Gasteiger partial charge on any atom is 0.208 e. The molecule has 4 heteroatoms. The molecule has 19 heavy (non-hydrogen) atoms. The number of ketones is 1. The van der Waals surface area contributed by atoms with Gasteiger partial charge in [0.2, 0.25) is 5.78 Å². The summed E-state index contributed by atoms with van der Waals surface area (Å²) in [7, 11) is 2.18. The molecule has 0 unspecified atom stereocenters. The quantitative estimate of drug-likeness (QED) is 0.675. The lowest BCUT2D eigenvalue weighted by atomic mass is 9.96. The van der Waals surface area contributed by atoms with Crippen LogP contribution in [0.3, 0.4) is 0 Å². The van der Waals surface area contributed by atoms with Crippen LogP contribution in [0.25, 0.3) is 0 Å². The minimum absolute atomic E-state index is 0.0447. The SMILES string of the molecule is C[NH+]1CC[NH+](CC(=O)[C@@H](C#N)c2ccccc2)CC1. The Labute approximate surface area is 114 Å². The Morgan fingerprint density at radius 1 is 1.26 bits per heavy atom. The van der Waals surface area contributed by atoms with E-state index in [1.807, 2.05) is 30.3 Å². The second-order valence-corrected chi connectivity index (χ2v) is 5.32. The first kappa shape index (κ1) is 13.7. The largest absolute Gasteiger partial charge is 0.328 e. The first-order valence-corrected chi connectivity index (χ1v) is 6.83. The topological polar surface area (TPSA) is 49.7 Å². The number of piperazine rings is 1. The molecule has 4 nitrogen and oxygen atoms in total. The van der Waals surface area contributed by atoms with Gasteiger partial charge in [0.1, 0.15) is 38.6 Å². The third-order valence-electron chi connectivity index (χ3n) is 3.82. The van der Waals surface area contributed by atoms with Gasteiger partial charge in [-0.2, -0.15) is 5.26 Å². The summed E-state index contributed by atoms with van der Waals surface area (Å²) in [5.41, 5.74) is 0.814. The zero-order chi connectivity index (χ0) is 13.7. The zero-order valence-electron chi connectivity index (χ0n) is 11.4. The van der Waals surface area contributed by atoms with Crippen molar-refractivity contribution in [1.29, 1.82) is 5.26 Å². The predicted molar refractivity (Wildman–Crippen MR) is 72.0 cm³/mol. The van der Waals surface area contributed by atoms with E-state index in [-0.39, 0.29) is 5.78 Å². The average molecular weight is 259 g/mol. The lowest BCUT2D eigenvalue weighted by Crippen LogP contribution is -3.27. The molecule has 0 bridgehead atoms. The fourth-order valence-electron chi connectivity index (χ4n) is 2.53. The van der Waals surface area contributed by atoms with Crippen LogP contribution >= 0.6 is 0 Å². The fourth-order valence-corrected chi connectivity index (χ4v) is 2.53. The monoisotopic (exact) mass is 259 g/mol. The highest BCUT2D eigenvalue weighted by Gasteiger charge is 2.27. The molecule has 100 valence electrons. The lowest BCUT2D eigenvalue weighted by molar-refractivity contribution is -1.000. The van der Waals surface area contributed by atoms with Crippen molar-refractivity contribution in [3.05, 3.63) is 35.9 Å². The molecule has 1 saturated heterocycles. The van der Waals surface area contributed by atoms with Gasteiger partial charge in [0, 0.05) is 0 Å². The molecule has 0 spiro atoms. The minimum atomic E-state index is -0.610. The first-order chi connectivity index (χ1) is 9.20. The zero-order valence-corrected chi connectivity index (χ0v) is 11.4. The Balaban J connectivity index is 1.97. The van der Waals surface area contributed by atoms with Crippen LogP contribution in [0.5, 0.6) is 0 Å². The summed E-state index contributed by atoms with van der Waals surface area (Å²) in [5.74, 6) is -0.566. The predicted octanol–water partition coefficient (Wildman–Crippen LogP) is -1.72. The number of nitrogens with one attached hydrogen (secondary N) is 2. The van der Waals surface area contributed by atoms with Gasteiger partial charge in [-0.3, -0.25) is 4.79 Å². The van der Waals surface area contributed by atoms with Crippen molar-refractivity contribution in [3.63, 3.8) is 0 Å². The smallest absolute Gasteiger partial charge is 0.208 e. The number of Topliss-reactive ketones (excluding diaryl/α,β-unsaturated/α-hetero) is 1. The van der Waals surface area contributed by atoms with Gasteiger partial charge in [0.25, 0.3) is 0 Å². The summed E-state index contributed by atoms with van der Waals surface area (Å²) in [4.78, 5) is 15.1. The Morgan fingerprint density at radius 3 is 2.47 bits per heavy atom. The summed E-state index contributed by atoms with van der Waals surface area (Å²) in [5, 5.41) is 9.24. The third kappa shape index (κ3) is 3.63. The molecule has 1 aromatic carbocycles. The maximum atomic E-state index is 12.3. The Kier molecular flexibility index (Phi) is 4.67. The molecule has 0 radical (unpaired) electrons. The van der Waals surface area contributed by atoms with Crippen LogP contribution in [0, 0.1) is 11.3 Å². The molecular weight excluding hydrogens is 238 g/mol. The second kappa shape index (κ2) is 6.46. The Morgan fingerprint density at radius 2 is 1.89 bits per heavy atom. The van der Waals surface area contributed by atoms with E-state index in [0.29, 0.717) is 6.54 Å². The minimum Gasteiger partial charge on any atom is -0.328 e.